The molecule has 0 aromatic carbocycles. The van der Waals surface area contributed by atoms with E-state index < -0.39 is 0 Å². The van der Waals surface area contributed by atoms with Crippen molar-refractivity contribution in [2.75, 3.05) is 26.3 Å². The molecule has 0 spiro atoms. The van der Waals surface area contributed by atoms with Crippen LogP contribution < -0.4 is 5.32 Å². The van der Waals surface area contributed by atoms with Crippen LogP contribution >= 0.6 is 0 Å². The van der Waals surface area contributed by atoms with Crippen LogP contribution in [0.25, 0.3) is 0 Å². The van der Waals surface area contributed by atoms with Gasteiger partial charge in [-0.1, -0.05) is 33.1 Å². The fourth-order valence-electron chi connectivity index (χ4n) is 3.20. The molecule has 2 aliphatic rings. The Balaban J connectivity index is 1.86. The summed E-state index contributed by atoms with van der Waals surface area (Å²) in [7, 11) is 0. The summed E-state index contributed by atoms with van der Waals surface area (Å²) in [6, 6.07) is -0.309. The van der Waals surface area contributed by atoms with Crippen molar-refractivity contribution in [3.63, 3.8) is 0 Å². The highest BCUT2D eigenvalue weighted by Crippen LogP contribution is 2.28. The van der Waals surface area contributed by atoms with E-state index in [4.69, 9.17) is 4.74 Å². The maximum atomic E-state index is 12.6. The third kappa shape index (κ3) is 4.70. The molecule has 2 rings (SSSR count). The summed E-state index contributed by atoms with van der Waals surface area (Å²) in [5.74, 6) is 0.846. The highest BCUT2D eigenvalue weighted by molar-refractivity contribution is 5.95. The van der Waals surface area contributed by atoms with Gasteiger partial charge >= 0.3 is 0 Å². The zero-order chi connectivity index (χ0) is 15.2. The normalized spacial score (nSPS) is 24.5. The Kier molecular flexibility index (Phi) is 6.03. The lowest BCUT2D eigenvalue weighted by Crippen LogP contribution is -2.61. The summed E-state index contributed by atoms with van der Waals surface area (Å²) in [5.41, 5.74) is 0. The monoisotopic (exact) mass is 296 g/mol. The van der Waals surface area contributed by atoms with Crippen molar-refractivity contribution in [1.82, 2.24) is 10.2 Å². The molecule has 1 aliphatic heterocycles. The molecular weight excluding hydrogens is 268 g/mol. The van der Waals surface area contributed by atoms with Gasteiger partial charge in [-0.2, -0.15) is 0 Å². The van der Waals surface area contributed by atoms with Crippen LogP contribution in [0.3, 0.4) is 0 Å². The summed E-state index contributed by atoms with van der Waals surface area (Å²) in [6.45, 7) is 6.08. The molecule has 2 amide bonds. The first-order chi connectivity index (χ1) is 10.1. The van der Waals surface area contributed by atoms with E-state index in [0.717, 1.165) is 12.8 Å². The van der Waals surface area contributed by atoms with Gasteiger partial charge in [-0.15, -0.1) is 0 Å². The number of piperazine rings is 1. The highest BCUT2D eigenvalue weighted by atomic mass is 16.5. The third-order valence-corrected chi connectivity index (χ3v) is 4.31. The number of carbonyl (C=O) groups is 2. The van der Waals surface area contributed by atoms with Crippen LogP contribution in [0.1, 0.15) is 46.0 Å². The van der Waals surface area contributed by atoms with Gasteiger partial charge in [-0.25, -0.2) is 0 Å². The molecule has 1 aliphatic carbocycles. The Morgan fingerprint density at radius 2 is 1.95 bits per heavy atom. The van der Waals surface area contributed by atoms with Gasteiger partial charge in [-0.3, -0.25) is 9.59 Å². The van der Waals surface area contributed by atoms with Gasteiger partial charge in [0.1, 0.15) is 6.04 Å². The molecule has 1 N–H and O–H groups in total. The van der Waals surface area contributed by atoms with E-state index in [-0.39, 0.29) is 24.4 Å². The van der Waals surface area contributed by atoms with Crippen molar-refractivity contribution in [2.45, 2.75) is 52.0 Å². The Morgan fingerprint density at radius 1 is 1.24 bits per heavy atom. The molecule has 0 radical (unpaired) electrons. The van der Waals surface area contributed by atoms with Crippen LogP contribution in [0.15, 0.2) is 0 Å². The molecule has 1 heterocycles. The SMILES string of the molecule is CC(C)COCCN1CC(=O)NC(C2CCCCC2)C1=O. The molecule has 2 fully saturated rings. The van der Waals surface area contributed by atoms with Gasteiger partial charge < -0.3 is 15.0 Å². The Bertz CT molecular complexity index is 365. The van der Waals surface area contributed by atoms with Crippen LogP contribution in [0.2, 0.25) is 0 Å². The first kappa shape index (κ1) is 16.3. The largest absolute Gasteiger partial charge is 0.379 e. The molecule has 1 unspecified atom stereocenters. The number of hydrogen-bond donors (Lipinski definition) is 1. The number of nitrogens with one attached hydrogen (secondary N) is 1. The van der Waals surface area contributed by atoms with Crippen molar-refractivity contribution < 1.29 is 14.3 Å². The van der Waals surface area contributed by atoms with Crippen LogP contribution in [-0.2, 0) is 14.3 Å². The van der Waals surface area contributed by atoms with E-state index in [1.165, 1.54) is 19.3 Å². The molecule has 0 bridgehead atoms. The van der Waals surface area contributed by atoms with E-state index in [2.05, 4.69) is 19.2 Å². The van der Waals surface area contributed by atoms with Crippen LogP contribution in [0.4, 0.5) is 0 Å². The molecule has 1 atom stereocenters. The summed E-state index contributed by atoms with van der Waals surface area (Å²) < 4.78 is 5.54. The minimum absolute atomic E-state index is 0.0333. The predicted octanol–water partition coefficient (Wildman–Crippen LogP) is 1.57. The lowest BCUT2D eigenvalue weighted by atomic mass is 9.82. The number of carbonyl (C=O) groups excluding carboxylic acids is 2. The number of ether oxygens (including phenoxy) is 1. The Hall–Kier alpha value is -1.10. The van der Waals surface area contributed by atoms with Gasteiger partial charge in [0, 0.05) is 13.2 Å². The average molecular weight is 296 g/mol. The second kappa shape index (κ2) is 7.78. The second-order valence-electron chi connectivity index (χ2n) is 6.67. The fourth-order valence-corrected chi connectivity index (χ4v) is 3.20. The van der Waals surface area contributed by atoms with Gasteiger partial charge in [0.25, 0.3) is 0 Å². The van der Waals surface area contributed by atoms with Crippen LogP contribution in [0, 0.1) is 11.8 Å². The molecular formula is C16H28N2O3. The molecule has 0 aromatic rings. The van der Waals surface area contributed by atoms with E-state index in [1.807, 2.05) is 0 Å². The fraction of sp³-hybridized carbons (Fsp3) is 0.875. The minimum Gasteiger partial charge on any atom is -0.379 e. The lowest BCUT2D eigenvalue weighted by Gasteiger charge is -2.37. The number of amides is 2. The smallest absolute Gasteiger partial charge is 0.245 e. The first-order valence-corrected chi connectivity index (χ1v) is 8.24. The Morgan fingerprint density at radius 3 is 2.62 bits per heavy atom. The molecule has 1 saturated carbocycles. The van der Waals surface area contributed by atoms with E-state index >= 15 is 0 Å². The van der Waals surface area contributed by atoms with Gasteiger partial charge in [-0.05, 0) is 24.7 Å². The lowest BCUT2D eigenvalue weighted by molar-refractivity contribution is -0.147. The zero-order valence-corrected chi connectivity index (χ0v) is 13.3. The zero-order valence-electron chi connectivity index (χ0n) is 13.3. The van der Waals surface area contributed by atoms with E-state index in [0.29, 0.717) is 31.6 Å². The molecule has 1 saturated heterocycles. The van der Waals surface area contributed by atoms with Crippen molar-refractivity contribution in [3.8, 4) is 0 Å². The van der Waals surface area contributed by atoms with Crippen LogP contribution in [-0.4, -0.2) is 49.1 Å². The van der Waals surface area contributed by atoms with Crippen molar-refractivity contribution >= 4 is 11.8 Å². The highest BCUT2D eigenvalue weighted by Gasteiger charge is 2.37. The molecule has 21 heavy (non-hydrogen) atoms. The third-order valence-electron chi connectivity index (χ3n) is 4.31. The van der Waals surface area contributed by atoms with Gasteiger partial charge in [0.05, 0.1) is 13.2 Å². The standard InChI is InChI=1S/C16H28N2O3/c1-12(2)11-21-9-8-18-10-14(19)17-15(16(18)20)13-6-4-3-5-7-13/h12-13,15H,3-11H2,1-2H3,(H,17,19). The molecule has 5 heteroatoms. The van der Waals surface area contributed by atoms with Crippen molar-refractivity contribution in [2.24, 2.45) is 11.8 Å². The number of nitrogens with zero attached hydrogens (tertiary/aromatic N) is 1. The van der Waals surface area contributed by atoms with Gasteiger partial charge in [0.15, 0.2) is 0 Å². The maximum absolute atomic E-state index is 12.6. The molecule has 5 nitrogen and oxygen atoms in total. The van der Waals surface area contributed by atoms with Crippen LogP contribution in [0.5, 0.6) is 0 Å². The first-order valence-electron chi connectivity index (χ1n) is 8.24. The molecule has 0 aromatic heterocycles. The molecule has 120 valence electrons. The topological polar surface area (TPSA) is 58.6 Å². The summed E-state index contributed by atoms with van der Waals surface area (Å²) >= 11 is 0. The summed E-state index contributed by atoms with van der Waals surface area (Å²) in [6.07, 6.45) is 5.69. The summed E-state index contributed by atoms with van der Waals surface area (Å²) in [5, 5.41) is 2.90. The van der Waals surface area contributed by atoms with Crippen molar-refractivity contribution in [3.05, 3.63) is 0 Å². The summed E-state index contributed by atoms with van der Waals surface area (Å²) in [4.78, 5) is 26.1. The minimum atomic E-state index is -0.309. The average Bonchev–Trinajstić information content (AvgIpc) is 2.47. The maximum Gasteiger partial charge on any atom is 0.245 e. The number of hydrogen-bond acceptors (Lipinski definition) is 3. The van der Waals surface area contributed by atoms with Gasteiger partial charge in [0.2, 0.25) is 11.8 Å². The quantitative estimate of drug-likeness (QED) is 0.757. The van der Waals surface area contributed by atoms with E-state index in [9.17, 15) is 9.59 Å². The van der Waals surface area contributed by atoms with Crippen molar-refractivity contribution in [1.29, 1.82) is 0 Å². The Labute approximate surface area is 127 Å². The number of rotatable bonds is 6. The second-order valence-corrected chi connectivity index (χ2v) is 6.67. The predicted molar refractivity (Wildman–Crippen MR) is 80.7 cm³/mol. The van der Waals surface area contributed by atoms with E-state index in [1.54, 1.807) is 4.90 Å².